The number of aromatic nitrogens is 1. The number of nitrogens with zero attached hydrogens (tertiary/aromatic N) is 3. The van der Waals surface area contributed by atoms with Crippen molar-refractivity contribution in [2.45, 2.75) is 4.90 Å². The summed E-state index contributed by atoms with van der Waals surface area (Å²) >= 11 is 5.02. The maximum absolute atomic E-state index is 8.63. The van der Waals surface area contributed by atoms with Gasteiger partial charge in [-0.25, -0.2) is 9.98 Å². The molecule has 0 unspecified atom stereocenters. The Labute approximate surface area is 334 Å². The standard InChI is InChI=1S/C51H34N4OS/c52-50(34-13-3-1-4-14-34)54-51(35-15-5-2-6-16-35)53-32-33-25-27-42-43-31-36(26-28-46(43)56-47(42)29-33)39-21-12-24-48(57)49(39)37-17-11-18-38(30-37)55-44-22-9-7-19-40(44)41-20-8-10-23-45(41)55/h1-32,52,57H/b52-50?,53-32+,54-51-. The van der Waals surface area contributed by atoms with E-state index in [0.29, 0.717) is 5.84 Å². The Bertz CT molecular complexity index is 3160. The summed E-state index contributed by atoms with van der Waals surface area (Å²) in [6.45, 7) is 0. The van der Waals surface area contributed by atoms with Crippen LogP contribution in [0, 0.1) is 5.41 Å². The van der Waals surface area contributed by atoms with Crippen LogP contribution in [-0.4, -0.2) is 22.5 Å². The van der Waals surface area contributed by atoms with Crippen LogP contribution in [0.15, 0.2) is 207 Å². The molecule has 57 heavy (non-hydrogen) atoms. The molecular formula is C51H34N4OS. The van der Waals surface area contributed by atoms with Gasteiger partial charge in [-0.3, -0.25) is 5.41 Å². The van der Waals surface area contributed by atoms with E-state index in [-0.39, 0.29) is 5.84 Å². The molecule has 8 aromatic carbocycles. The molecule has 0 aliphatic heterocycles. The summed E-state index contributed by atoms with van der Waals surface area (Å²) in [5, 5.41) is 13.1. The first-order valence-corrected chi connectivity index (χ1v) is 19.2. The summed E-state index contributed by atoms with van der Waals surface area (Å²) in [7, 11) is 0. The first kappa shape index (κ1) is 34.2. The second kappa shape index (κ2) is 14.4. The van der Waals surface area contributed by atoms with Gasteiger partial charge in [-0.1, -0.05) is 133 Å². The number of aliphatic imine (C=N–C) groups is 2. The Balaban J connectivity index is 1.01. The fourth-order valence-corrected chi connectivity index (χ4v) is 8.12. The lowest BCUT2D eigenvalue weighted by molar-refractivity contribution is 0.669. The minimum Gasteiger partial charge on any atom is -0.456 e. The highest BCUT2D eigenvalue weighted by atomic mass is 32.1. The zero-order valence-electron chi connectivity index (χ0n) is 30.7. The van der Waals surface area contributed by atoms with Crippen molar-refractivity contribution in [3.05, 3.63) is 205 Å². The van der Waals surface area contributed by atoms with Gasteiger partial charge >= 0.3 is 0 Å². The molecule has 0 aliphatic rings. The molecule has 0 amide bonds. The summed E-state index contributed by atoms with van der Waals surface area (Å²) in [6, 6.07) is 64.0. The third-order valence-corrected chi connectivity index (χ3v) is 10.8. The molecule has 0 atom stereocenters. The van der Waals surface area contributed by atoms with Crippen LogP contribution in [0.4, 0.5) is 0 Å². The highest BCUT2D eigenvalue weighted by Gasteiger charge is 2.17. The quantitative estimate of drug-likeness (QED) is 0.0992. The molecule has 0 aliphatic carbocycles. The Morgan fingerprint density at radius 3 is 1.98 bits per heavy atom. The maximum Gasteiger partial charge on any atom is 0.161 e. The van der Waals surface area contributed by atoms with Gasteiger partial charge in [0, 0.05) is 55.0 Å². The van der Waals surface area contributed by atoms with E-state index in [1.165, 1.54) is 21.8 Å². The third-order valence-electron chi connectivity index (χ3n) is 10.5. The molecule has 10 aromatic rings. The number of nitrogens with one attached hydrogen (secondary N) is 1. The van der Waals surface area contributed by atoms with Crippen molar-refractivity contribution in [1.29, 1.82) is 5.41 Å². The van der Waals surface area contributed by atoms with Crippen molar-refractivity contribution in [3.63, 3.8) is 0 Å². The molecule has 0 saturated carbocycles. The lowest BCUT2D eigenvalue weighted by atomic mass is 9.93. The van der Waals surface area contributed by atoms with Gasteiger partial charge in [-0.15, -0.1) is 12.6 Å². The minimum atomic E-state index is 0.151. The zero-order valence-corrected chi connectivity index (χ0v) is 31.6. The van der Waals surface area contributed by atoms with Crippen LogP contribution < -0.4 is 0 Å². The summed E-state index contributed by atoms with van der Waals surface area (Å²) < 4.78 is 8.77. The molecular weight excluding hydrogens is 717 g/mol. The van der Waals surface area contributed by atoms with Crippen molar-refractivity contribution in [2.75, 3.05) is 0 Å². The topological polar surface area (TPSA) is 66.6 Å². The molecule has 1 N–H and O–H groups in total. The number of hydrogen-bond acceptors (Lipinski definition) is 3. The molecule has 5 nitrogen and oxygen atoms in total. The van der Waals surface area contributed by atoms with Crippen LogP contribution in [0.5, 0.6) is 0 Å². The Morgan fingerprint density at radius 1 is 0.544 bits per heavy atom. The number of hydrogen-bond donors (Lipinski definition) is 2. The van der Waals surface area contributed by atoms with Gasteiger partial charge in [0.05, 0.1) is 11.0 Å². The fraction of sp³-hybridized carbons (Fsp3) is 0. The van der Waals surface area contributed by atoms with Gasteiger partial charge < -0.3 is 8.98 Å². The first-order valence-electron chi connectivity index (χ1n) is 18.8. The van der Waals surface area contributed by atoms with E-state index in [4.69, 9.17) is 27.4 Å². The molecule has 0 radical (unpaired) electrons. The minimum absolute atomic E-state index is 0.151. The second-order valence-corrected chi connectivity index (χ2v) is 14.4. The summed E-state index contributed by atoms with van der Waals surface area (Å²) in [4.78, 5) is 10.3. The lowest BCUT2D eigenvalue weighted by Crippen LogP contribution is -2.04. The van der Waals surface area contributed by atoms with Crippen LogP contribution in [0.25, 0.3) is 71.7 Å². The summed E-state index contributed by atoms with van der Waals surface area (Å²) in [5.74, 6) is 0.610. The number of thiol groups is 1. The van der Waals surface area contributed by atoms with E-state index >= 15 is 0 Å². The molecule has 0 bridgehead atoms. The third kappa shape index (κ3) is 6.32. The lowest BCUT2D eigenvalue weighted by Gasteiger charge is -2.15. The molecule has 0 spiro atoms. The van der Waals surface area contributed by atoms with E-state index in [0.717, 1.165) is 71.5 Å². The molecule has 0 saturated heterocycles. The second-order valence-electron chi connectivity index (χ2n) is 14.0. The predicted octanol–water partition coefficient (Wildman–Crippen LogP) is 13.2. The first-order chi connectivity index (χ1) is 28.1. The van der Waals surface area contributed by atoms with Gasteiger partial charge in [-0.2, -0.15) is 0 Å². The van der Waals surface area contributed by atoms with Gasteiger partial charge in [-0.05, 0) is 76.9 Å². The Morgan fingerprint density at radius 2 is 1.23 bits per heavy atom. The van der Waals surface area contributed by atoms with Crippen LogP contribution in [0.1, 0.15) is 16.7 Å². The highest BCUT2D eigenvalue weighted by molar-refractivity contribution is 7.80. The van der Waals surface area contributed by atoms with Crippen LogP contribution >= 0.6 is 12.6 Å². The average Bonchev–Trinajstić information content (AvgIpc) is 3.80. The smallest absolute Gasteiger partial charge is 0.161 e. The molecule has 2 heterocycles. The fourth-order valence-electron chi connectivity index (χ4n) is 7.78. The number of fused-ring (bicyclic) bond motifs is 6. The van der Waals surface area contributed by atoms with Gasteiger partial charge in [0.25, 0.3) is 0 Å². The zero-order chi connectivity index (χ0) is 38.3. The summed E-state index contributed by atoms with van der Waals surface area (Å²) in [6.07, 6.45) is 1.78. The largest absolute Gasteiger partial charge is 0.456 e. The van der Waals surface area contributed by atoms with Crippen molar-refractivity contribution in [3.8, 4) is 27.9 Å². The van der Waals surface area contributed by atoms with Gasteiger partial charge in [0.1, 0.15) is 11.2 Å². The van der Waals surface area contributed by atoms with E-state index in [1.54, 1.807) is 6.21 Å². The molecule has 0 fully saturated rings. The van der Waals surface area contributed by atoms with E-state index in [9.17, 15) is 0 Å². The van der Waals surface area contributed by atoms with Crippen molar-refractivity contribution in [1.82, 2.24) is 4.57 Å². The summed E-state index contributed by atoms with van der Waals surface area (Å²) in [5.41, 5.74) is 11.8. The number of furan rings is 1. The Hall–Kier alpha value is -7.28. The van der Waals surface area contributed by atoms with E-state index < -0.39 is 0 Å². The van der Waals surface area contributed by atoms with Crippen LogP contribution in [-0.2, 0) is 0 Å². The maximum atomic E-state index is 8.63. The molecule has 270 valence electrons. The SMILES string of the molecule is N=C(/N=C(\N=C\c1ccc2c(c1)oc1ccc(-c3cccc(S)c3-c3cccc(-n4c5ccccc5c5ccccc54)c3)cc12)c1ccccc1)c1ccccc1. The normalized spacial score (nSPS) is 12.1. The van der Waals surface area contributed by atoms with E-state index in [2.05, 4.69) is 125 Å². The Kier molecular flexibility index (Phi) is 8.66. The molecule has 2 aromatic heterocycles. The monoisotopic (exact) mass is 750 g/mol. The number of rotatable bonds is 6. The van der Waals surface area contributed by atoms with Crippen molar-refractivity contribution < 1.29 is 4.42 Å². The van der Waals surface area contributed by atoms with Crippen molar-refractivity contribution in [2.24, 2.45) is 9.98 Å². The van der Waals surface area contributed by atoms with Gasteiger partial charge in [0.2, 0.25) is 0 Å². The molecule has 10 rings (SSSR count). The number of amidine groups is 2. The van der Waals surface area contributed by atoms with Crippen LogP contribution in [0.3, 0.4) is 0 Å². The van der Waals surface area contributed by atoms with Crippen LogP contribution in [0.2, 0.25) is 0 Å². The number of para-hydroxylation sites is 2. The van der Waals surface area contributed by atoms with Crippen molar-refractivity contribution >= 4 is 74.3 Å². The predicted molar refractivity (Wildman–Crippen MR) is 240 cm³/mol. The van der Waals surface area contributed by atoms with Gasteiger partial charge in [0.15, 0.2) is 11.7 Å². The number of benzene rings is 8. The molecule has 6 heteroatoms. The van der Waals surface area contributed by atoms with E-state index in [1.807, 2.05) is 72.8 Å². The highest BCUT2D eigenvalue weighted by Crippen LogP contribution is 2.41. The average molecular weight is 751 g/mol.